The van der Waals surface area contributed by atoms with Gasteiger partial charge in [-0.3, -0.25) is 48.5 Å². The molecule has 1 unspecified atom stereocenters. The average molecular weight is 801 g/mol. The minimum atomic E-state index is -1.08. The van der Waals surface area contributed by atoms with Crippen molar-refractivity contribution in [3.8, 4) is 10.8 Å². The maximum absolute atomic E-state index is 13.2. The Morgan fingerprint density at radius 2 is 1.73 bits per heavy atom. The van der Waals surface area contributed by atoms with E-state index in [1.807, 2.05) is 30.5 Å². The number of aryl methyl sites for hydroxylation is 2. The van der Waals surface area contributed by atoms with E-state index in [9.17, 15) is 28.8 Å². The van der Waals surface area contributed by atoms with Gasteiger partial charge >= 0.3 is 0 Å². The standard InChI is InChI=1S/C38H37ClN8O8S/c1-19-20(2)56-38-31(19)33(22-7-9-23(39)10-8-22)42-25(34-45-44-21(3)46(34)38)17-29(49)41-18-30(50)40-13-14-54-15-16-55-27-6-4-5-24-32(27)37(53)47(36(24)52)26-11-12-28(48)43-35(26)51/h4-10,25-26H,11-18H2,1-3H3,(H,40,50)(H,41,49)(H,43,48,51)/t25-,26?/m0/s1. The predicted octanol–water partition coefficient (Wildman–Crippen LogP) is 2.92. The van der Waals surface area contributed by atoms with Gasteiger partial charge in [-0.1, -0.05) is 29.8 Å². The molecule has 0 spiro atoms. The maximum atomic E-state index is 13.2. The van der Waals surface area contributed by atoms with Crippen LogP contribution in [0.3, 0.4) is 0 Å². The Morgan fingerprint density at radius 1 is 0.946 bits per heavy atom. The number of ether oxygens (including phenoxy) is 2. The van der Waals surface area contributed by atoms with Gasteiger partial charge in [0.1, 0.15) is 35.3 Å². The molecule has 0 aliphatic carbocycles. The molecule has 2 aromatic carbocycles. The summed E-state index contributed by atoms with van der Waals surface area (Å²) in [5, 5.41) is 17.8. The van der Waals surface area contributed by atoms with Crippen molar-refractivity contribution in [1.29, 1.82) is 0 Å². The Labute approximate surface area is 329 Å². The zero-order chi connectivity index (χ0) is 39.7. The Morgan fingerprint density at radius 3 is 2.50 bits per heavy atom. The van der Waals surface area contributed by atoms with Crippen LogP contribution in [0.25, 0.3) is 5.00 Å². The van der Waals surface area contributed by atoms with Crippen molar-refractivity contribution in [2.24, 2.45) is 4.99 Å². The quantitative estimate of drug-likeness (QED) is 0.133. The highest BCUT2D eigenvalue weighted by Gasteiger charge is 2.46. The molecule has 3 aliphatic heterocycles. The van der Waals surface area contributed by atoms with Crippen LogP contribution in [0.15, 0.2) is 47.5 Å². The lowest BCUT2D eigenvalue weighted by atomic mass is 9.99. The molecule has 18 heteroatoms. The first-order valence-electron chi connectivity index (χ1n) is 17.9. The Hall–Kier alpha value is -5.78. The van der Waals surface area contributed by atoms with Crippen LogP contribution in [0.4, 0.5) is 0 Å². The third kappa shape index (κ3) is 7.56. The van der Waals surface area contributed by atoms with E-state index in [-0.39, 0.29) is 69.0 Å². The number of amides is 6. The lowest BCUT2D eigenvalue weighted by Gasteiger charge is -2.27. The molecule has 1 saturated heterocycles. The number of nitrogens with one attached hydrogen (secondary N) is 3. The topological polar surface area (TPSA) is 203 Å². The first-order valence-corrected chi connectivity index (χ1v) is 19.1. The van der Waals surface area contributed by atoms with Gasteiger partial charge in [0, 0.05) is 34.0 Å². The van der Waals surface area contributed by atoms with Crippen molar-refractivity contribution in [3.05, 3.63) is 91.8 Å². The van der Waals surface area contributed by atoms with Crippen molar-refractivity contribution in [1.82, 2.24) is 35.6 Å². The van der Waals surface area contributed by atoms with Crippen LogP contribution in [0.2, 0.25) is 5.02 Å². The van der Waals surface area contributed by atoms with Gasteiger partial charge in [0.2, 0.25) is 23.6 Å². The van der Waals surface area contributed by atoms with Gasteiger partial charge in [0.15, 0.2) is 5.82 Å². The second kappa shape index (κ2) is 16.1. The van der Waals surface area contributed by atoms with Crippen LogP contribution in [-0.4, -0.2) is 99.8 Å². The van der Waals surface area contributed by atoms with Gasteiger partial charge in [0.05, 0.1) is 43.0 Å². The lowest BCUT2D eigenvalue weighted by Crippen LogP contribution is -2.54. The van der Waals surface area contributed by atoms with E-state index in [0.717, 1.165) is 37.2 Å². The highest BCUT2D eigenvalue weighted by atomic mass is 35.5. The van der Waals surface area contributed by atoms with Crippen LogP contribution in [0.5, 0.6) is 5.75 Å². The van der Waals surface area contributed by atoms with Gasteiger partial charge in [-0.05, 0) is 57.0 Å². The highest BCUT2D eigenvalue weighted by Crippen LogP contribution is 2.40. The second-order valence-electron chi connectivity index (χ2n) is 13.3. The number of carbonyl (C=O) groups excluding carboxylic acids is 6. The first-order chi connectivity index (χ1) is 26.9. The molecule has 2 aromatic heterocycles. The van der Waals surface area contributed by atoms with E-state index in [1.54, 1.807) is 35.6 Å². The molecule has 0 bridgehead atoms. The molecule has 290 valence electrons. The Kier molecular flexibility index (Phi) is 11.1. The van der Waals surface area contributed by atoms with Gasteiger partial charge < -0.3 is 20.1 Å². The summed E-state index contributed by atoms with van der Waals surface area (Å²) in [5.74, 6) is -1.90. The fraction of sp³-hybridized carbons (Fsp3) is 0.342. The molecule has 3 aliphatic rings. The average Bonchev–Trinajstić information content (AvgIpc) is 3.75. The van der Waals surface area contributed by atoms with Gasteiger partial charge in [-0.2, -0.15) is 0 Å². The number of thiophene rings is 1. The van der Waals surface area contributed by atoms with E-state index in [0.29, 0.717) is 16.7 Å². The van der Waals surface area contributed by atoms with Crippen LogP contribution < -0.4 is 20.7 Å². The summed E-state index contributed by atoms with van der Waals surface area (Å²) in [7, 11) is 0. The van der Waals surface area contributed by atoms with Gasteiger partial charge in [-0.25, -0.2) is 0 Å². The largest absolute Gasteiger partial charge is 0.490 e. The molecule has 2 atom stereocenters. The fourth-order valence-electron chi connectivity index (χ4n) is 6.80. The molecular weight excluding hydrogens is 764 g/mol. The molecule has 7 rings (SSSR count). The van der Waals surface area contributed by atoms with E-state index < -0.39 is 47.5 Å². The monoisotopic (exact) mass is 800 g/mol. The smallest absolute Gasteiger partial charge is 0.266 e. The molecule has 16 nitrogen and oxygen atoms in total. The second-order valence-corrected chi connectivity index (χ2v) is 15.0. The van der Waals surface area contributed by atoms with Crippen molar-refractivity contribution in [3.63, 3.8) is 0 Å². The molecule has 3 N–H and O–H groups in total. The number of fused-ring (bicyclic) bond motifs is 4. The first kappa shape index (κ1) is 38.5. The number of rotatable bonds is 13. The molecule has 6 amide bonds. The molecule has 56 heavy (non-hydrogen) atoms. The van der Waals surface area contributed by atoms with Crippen molar-refractivity contribution in [2.75, 3.05) is 32.9 Å². The molecule has 5 heterocycles. The lowest BCUT2D eigenvalue weighted by molar-refractivity contribution is -0.136. The number of nitrogens with zero attached hydrogens (tertiary/aromatic N) is 5. The predicted molar refractivity (Wildman–Crippen MR) is 203 cm³/mol. The molecular formula is C38H37ClN8O8S. The van der Waals surface area contributed by atoms with Gasteiger partial charge in [0.25, 0.3) is 11.8 Å². The third-order valence-electron chi connectivity index (χ3n) is 9.67. The number of halogens is 1. The maximum Gasteiger partial charge on any atom is 0.266 e. The fourth-order valence-corrected chi connectivity index (χ4v) is 8.14. The molecule has 0 saturated carbocycles. The summed E-state index contributed by atoms with van der Waals surface area (Å²) in [5.41, 5.74) is 3.74. The number of hydrogen-bond donors (Lipinski definition) is 3. The zero-order valence-corrected chi connectivity index (χ0v) is 32.2. The van der Waals surface area contributed by atoms with Crippen molar-refractivity contribution in [2.45, 2.75) is 52.1 Å². The third-order valence-corrected chi connectivity index (χ3v) is 11.1. The number of carbonyl (C=O) groups is 6. The minimum Gasteiger partial charge on any atom is -0.490 e. The Balaban J connectivity index is 0.883. The minimum absolute atomic E-state index is 0.0186. The molecule has 4 aromatic rings. The van der Waals surface area contributed by atoms with Crippen LogP contribution in [0.1, 0.15) is 79.2 Å². The summed E-state index contributed by atoms with van der Waals surface area (Å²) in [6.07, 6.45) is -0.00509. The van der Waals surface area contributed by atoms with E-state index in [1.165, 1.54) is 6.07 Å². The van der Waals surface area contributed by atoms with Crippen LogP contribution in [-0.2, 0) is 23.9 Å². The van der Waals surface area contributed by atoms with Crippen LogP contribution >= 0.6 is 22.9 Å². The molecule has 0 radical (unpaired) electrons. The summed E-state index contributed by atoms with van der Waals surface area (Å²) < 4.78 is 13.3. The number of benzene rings is 2. The number of aromatic nitrogens is 3. The summed E-state index contributed by atoms with van der Waals surface area (Å²) in [6, 6.07) is 10.2. The van der Waals surface area contributed by atoms with Crippen LogP contribution in [0, 0.1) is 20.8 Å². The number of aliphatic imine (C=N–C) groups is 1. The Bertz CT molecular complexity index is 2300. The number of imide groups is 2. The number of hydrogen-bond acceptors (Lipinski definition) is 12. The zero-order valence-electron chi connectivity index (χ0n) is 30.6. The van der Waals surface area contributed by atoms with Crippen molar-refractivity contribution < 1.29 is 38.2 Å². The summed E-state index contributed by atoms with van der Waals surface area (Å²) in [6.45, 7) is 6.12. The van der Waals surface area contributed by atoms with Crippen molar-refractivity contribution >= 4 is 64.1 Å². The van der Waals surface area contributed by atoms with E-state index in [4.69, 9.17) is 26.1 Å². The number of piperidine rings is 1. The molecule has 1 fully saturated rings. The summed E-state index contributed by atoms with van der Waals surface area (Å²) in [4.78, 5) is 83.1. The van der Waals surface area contributed by atoms with Gasteiger partial charge in [-0.15, -0.1) is 21.5 Å². The van der Waals surface area contributed by atoms with E-state index >= 15 is 0 Å². The van der Waals surface area contributed by atoms with E-state index in [2.05, 4.69) is 33.1 Å². The summed E-state index contributed by atoms with van der Waals surface area (Å²) >= 11 is 7.80. The normalized spacial score (nSPS) is 17.4. The SMILES string of the molecule is Cc1sc2c(c1C)C(c1ccc(Cl)cc1)=N[C@@H](CC(=O)NCC(=O)NCCOCCOc1cccc3c1C(=O)N(C1CCC(=O)NC1=O)C3=O)c1nnc(C)n1-2. The highest BCUT2D eigenvalue weighted by molar-refractivity contribution is 7.15.